The van der Waals surface area contributed by atoms with Crippen LogP contribution in [0.25, 0.3) is 0 Å². The molecule has 2 atom stereocenters. The highest BCUT2D eigenvalue weighted by molar-refractivity contribution is 5.72. The molecule has 1 N–H and O–H groups in total. The van der Waals surface area contributed by atoms with Gasteiger partial charge in [0.1, 0.15) is 0 Å². The lowest BCUT2D eigenvalue weighted by Crippen LogP contribution is -2.57. The first kappa shape index (κ1) is 22.9. The fraction of sp³-hybridized carbons (Fsp3) is 0.480. The van der Waals surface area contributed by atoms with Crippen molar-refractivity contribution in [1.82, 2.24) is 4.90 Å². The second-order valence-corrected chi connectivity index (χ2v) is 9.14. The van der Waals surface area contributed by atoms with Gasteiger partial charge in [-0.15, -0.1) is 0 Å². The molecule has 0 spiro atoms. The molecule has 1 saturated heterocycles. The van der Waals surface area contributed by atoms with Gasteiger partial charge >= 0.3 is 6.09 Å². The first-order chi connectivity index (χ1) is 14.5. The Morgan fingerprint density at radius 3 is 2.29 bits per heavy atom. The number of ether oxygens (including phenoxy) is 3. The third kappa shape index (κ3) is 4.35. The molecule has 2 aromatic carbocycles. The van der Waals surface area contributed by atoms with E-state index in [2.05, 4.69) is 26.0 Å². The van der Waals surface area contributed by atoms with Crippen molar-refractivity contribution < 1.29 is 24.1 Å². The summed E-state index contributed by atoms with van der Waals surface area (Å²) in [5.74, 6) is 1.28. The SMILES string of the molecule is COc1ccc(CCN2C(=O)OC(C)(CC(C)(C)c3ccccc3)C2(C)O)cc1OC. The minimum absolute atomic E-state index is 0.292. The average Bonchev–Trinajstić information content (AvgIpc) is 2.89. The summed E-state index contributed by atoms with van der Waals surface area (Å²) in [7, 11) is 3.18. The normalized spacial score (nSPS) is 23.6. The smallest absolute Gasteiger partial charge is 0.412 e. The Kier molecular flexibility index (Phi) is 6.23. The molecule has 1 heterocycles. The van der Waals surface area contributed by atoms with E-state index < -0.39 is 17.4 Å². The van der Waals surface area contributed by atoms with E-state index in [4.69, 9.17) is 14.2 Å². The molecule has 1 aliphatic rings. The number of carbonyl (C=O) groups excluding carboxylic acids is 1. The number of rotatable bonds is 8. The first-order valence-corrected chi connectivity index (χ1v) is 10.5. The van der Waals surface area contributed by atoms with Crippen LogP contribution in [0.15, 0.2) is 48.5 Å². The molecule has 168 valence electrons. The third-order valence-electron chi connectivity index (χ3n) is 6.47. The summed E-state index contributed by atoms with van der Waals surface area (Å²) in [6.07, 6.45) is 0.524. The highest BCUT2D eigenvalue weighted by atomic mass is 16.6. The van der Waals surface area contributed by atoms with Crippen LogP contribution >= 0.6 is 0 Å². The number of nitrogens with zero attached hydrogens (tertiary/aromatic N) is 1. The van der Waals surface area contributed by atoms with Gasteiger partial charge in [-0.05, 0) is 48.9 Å². The number of carbonyl (C=O) groups is 1. The topological polar surface area (TPSA) is 68.2 Å². The highest BCUT2D eigenvalue weighted by Crippen LogP contribution is 2.45. The van der Waals surface area contributed by atoms with E-state index in [9.17, 15) is 9.90 Å². The van der Waals surface area contributed by atoms with Crippen molar-refractivity contribution in [2.45, 2.75) is 57.3 Å². The van der Waals surface area contributed by atoms with Gasteiger partial charge in [-0.1, -0.05) is 50.2 Å². The Bertz CT molecular complexity index is 925. The molecule has 6 nitrogen and oxygen atoms in total. The molecule has 0 saturated carbocycles. The number of aliphatic hydroxyl groups is 1. The molecule has 2 aromatic rings. The summed E-state index contributed by atoms with van der Waals surface area (Å²) in [5.41, 5.74) is -0.695. The number of benzene rings is 2. The van der Waals surface area contributed by atoms with E-state index in [1.54, 1.807) is 21.1 Å². The van der Waals surface area contributed by atoms with Crippen molar-refractivity contribution in [2.24, 2.45) is 0 Å². The van der Waals surface area contributed by atoms with Crippen LogP contribution in [0.1, 0.15) is 45.2 Å². The lowest BCUT2D eigenvalue weighted by molar-refractivity contribution is -0.145. The van der Waals surface area contributed by atoms with Gasteiger partial charge in [-0.25, -0.2) is 4.79 Å². The van der Waals surface area contributed by atoms with Crippen molar-refractivity contribution in [3.63, 3.8) is 0 Å². The Hall–Kier alpha value is -2.73. The predicted molar refractivity (Wildman–Crippen MR) is 120 cm³/mol. The summed E-state index contributed by atoms with van der Waals surface area (Å²) in [6.45, 7) is 8.00. The van der Waals surface area contributed by atoms with E-state index in [0.29, 0.717) is 30.9 Å². The van der Waals surface area contributed by atoms with Gasteiger partial charge in [0, 0.05) is 13.0 Å². The maximum absolute atomic E-state index is 12.8. The van der Waals surface area contributed by atoms with E-state index in [1.165, 1.54) is 4.90 Å². The molecule has 0 aliphatic carbocycles. The van der Waals surface area contributed by atoms with E-state index in [0.717, 1.165) is 11.1 Å². The molecule has 1 aliphatic heterocycles. The Balaban J connectivity index is 1.77. The van der Waals surface area contributed by atoms with Gasteiger partial charge in [0.05, 0.1) is 14.2 Å². The number of amides is 1. The summed E-state index contributed by atoms with van der Waals surface area (Å²) >= 11 is 0. The Morgan fingerprint density at radius 1 is 1.03 bits per heavy atom. The summed E-state index contributed by atoms with van der Waals surface area (Å²) in [5, 5.41) is 11.5. The zero-order chi connectivity index (χ0) is 22.9. The minimum Gasteiger partial charge on any atom is -0.493 e. The molecule has 1 fully saturated rings. The molecule has 6 heteroatoms. The Morgan fingerprint density at radius 2 is 1.68 bits per heavy atom. The van der Waals surface area contributed by atoms with Crippen LogP contribution < -0.4 is 9.47 Å². The fourth-order valence-electron chi connectivity index (χ4n) is 4.43. The summed E-state index contributed by atoms with van der Waals surface area (Å²) in [4.78, 5) is 14.2. The number of hydrogen-bond acceptors (Lipinski definition) is 5. The number of methoxy groups -OCH3 is 2. The van der Waals surface area contributed by atoms with Gasteiger partial charge in [0.2, 0.25) is 0 Å². The van der Waals surface area contributed by atoms with Crippen LogP contribution in [-0.2, 0) is 16.6 Å². The van der Waals surface area contributed by atoms with E-state index in [1.807, 2.05) is 43.3 Å². The first-order valence-electron chi connectivity index (χ1n) is 10.5. The zero-order valence-corrected chi connectivity index (χ0v) is 19.3. The second-order valence-electron chi connectivity index (χ2n) is 9.14. The van der Waals surface area contributed by atoms with Crippen molar-refractivity contribution in [3.8, 4) is 11.5 Å². The van der Waals surface area contributed by atoms with Gasteiger partial charge in [-0.2, -0.15) is 0 Å². The zero-order valence-electron chi connectivity index (χ0n) is 19.3. The molecular formula is C25H33NO5. The van der Waals surface area contributed by atoms with Crippen molar-refractivity contribution in [1.29, 1.82) is 0 Å². The van der Waals surface area contributed by atoms with Gasteiger partial charge in [-0.3, -0.25) is 4.90 Å². The molecule has 1 amide bonds. The fourth-order valence-corrected chi connectivity index (χ4v) is 4.43. The van der Waals surface area contributed by atoms with Gasteiger partial charge in [0.25, 0.3) is 0 Å². The van der Waals surface area contributed by atoms with E-state index in [-0.39, 0.29) is 5.41 Å². The molecule has 3 rings (SSSR count). The third-order valence-corrected chi connectivity index (χ3v) is 6.47. The van der Waals surface area contributed by atoms with Crippen LogP contribution in [0.5, 0.6) is 11.5 Å². The van der Waals surface area contributed by atoms with Crippen molar-refractivity contribution >= 4 is 6.09 Å². The molecule has 31 heavy (non-hydrogen) atoms. The Labute approximate surface area is 184 Å². The minimum atomic E-state index is -1.45. The molecular weight excluding hydrogens is 394 g/mol. The molecule has 0 aromatic heterocycles. The van der Waals surface area contributed by atoms with E-state index >= 15 is 0 Å². The van der Waals surface area contributed by atoms with Crippen molar-refractivity contribution in [2.75, 3.05) is 20.8 Å². The average molecular weight is 428 g/mol. The largest absolute Gasteiger partial charge is 0.493 e. The number of hydrogen-bond donors (Lipinski definition) is 1. The van der Waals surface area contributed by atoms with Crippen LogP contribution in [0.3, 0.4) is 0 Å². The van der Waals surface area contributed by atoms with Gasteiger partial charge < -0.3 is 19.3 Å². The van der Waals surface area contributed by atoms with Crippen LogP contribution in [0.2, 0.25) is 0 Å². The molecule has 2 unspecified atom stereocenters. The van der Waals surface area contributed by atoms with Crippen molar-refractivity contribution in [3.05, 3.63) is 59.7 Å². The molecule has 0 bridgehead atoms. The van der Waals surface area contributed by atoms with Gasteiger partial charge in [0.15, 0.2) is 22.8 Å². The second kappa shape index (κ2) is 8.42. The quantitative estimate of drug-likeness (QED) is 0.670. The molecule has 0 radical (unpaired) electrons. The monoisotopic (exact) mass is 427 g/mol. The lowest BCUT2D eigenvalue weighted by atomic mass is 9.72. The predicted octanol–water partition coefficient (Wildman–Crippen LogP) is 4.53. The summed E-state index contributed by atoms with van der Waals surface area (Å²) < 4.78 is 16.4. The lowest BCUT2D eigenvalue weighted by Gasteiger charge is -2.42. The van der Waals surface area contributed by atoms with Crippen LogP contribution in [-0.4, -0.2) is 48.2 Å². The standard InChI is InChI=1S/C25H33NO5/c1-23(2,19-10-8-7-9-11-19)17-24(3)25(4,28)26(22(27)31-24)15-14-18-12-13-20(29-5)21(16-18)30-6/h7-13,16,28H,14-15,17H2,1-6H3. The van der Waals surface area contributed by atoms with Crippen LogP contribution in [0, 0.1) is 0 Å². The number of cyclic esters (lactones) is 1. The maximum Gasteiger partial charge on any atom is 0.412 e. The summed E-state index contributed by atoms with van der Waals surface area (Å²) in [6, 6.07) is 15.7. The maximum atomic E-state index is 12.8. The highest BCUT2D eigenvalue weighted by Gasteiger charge is 2.60. The van der Waals surface area contributed by atoms with Crippen LogP contribution in [0.4, 0.5) is 4.79 Å².